The lowest BCUT2D eigenvalue weighted by Crippen LogP contribution is -2.39. The zero-order valence-electron chi connectivity index (χ0n) is 13.4. The number of nitrogens with two attached hydrogens (primary N) is 1. The van der Waals surface area contributed by atoms with E-state index in [0.29, 0.717) is 17.9 Å². The Balaban J connectivity index is 3.11. The van der Waals surface area contributed by atoms with Gasteiger partial charge in [0.2, 0.25) is 0 Å². The lowest BCUT2D eigenvalue weighted by Gasteiger charge is -2.37. The highest BCUT2D eigenvalue weighted by Gasteiger charge is 2.25. The van der Waals surface area contributed by atoms with Gasteiger partial charge in [0.1, 0.15) is 0 Å². The average molecular weight is 278 g/mol. The van der Waals surface area contributed by atoms with Crippen LogP contribution in [0, 0.1) is 5.41 Å². The van der Waals surface area contributed by atoms with E-state index in [1.165, 1.54) is 0 Å². The van der Waals surface area contributed by atoms with Gasteiger partial charge in [0.15, 0.2) is 0 Å². The molecule has 0 saturated heterocycles. The standard InChI is InChI=1S/C16H26N2O2/c1-7-20-15(19)12-8-9-13(17)14(10-12)18(6)11(2)16(3,4)5/h8-11H,7,17H2,1-6H3. The Morgan fingerprint density at radius 2 is 2.00 bits per heavy atom. The minimum atomic E-state index is -0.314. The number of ether oxygens (including phenoxy) is 1. The monoisotopic (exact) mass is 278 g/mol. The van der Waals surface area contributed by atoms with Gasteiger partial charge >= 0.3 is 5.97 Å². The van der Waals surface area contributed by atoms with Crippen LogP contribution in [-0.4, -0.2) is 25.7 Å². The van der Waals surface area contributed by atoms with Crippen molar-refractivity contribution in [1.29, 1.82) is 0 Å². The summed E-state index contributed by atoms with van der Waals surface area (Å²) in [6.45, 7) is 10.9. The van der Waals surface area contributed by atoms with Gasteiger partial charge in [-0.25, -0.2) is 4.79 Å². The van der Waals surface area contributed by atoms with Gasteiger partial charge in [0.05, 0.1) is 23.5 Å². The molecule has 1 rings (SSSR count). The van der Waals surface area contributed by atoms with E-state index in [0.717, 1.165) is 5.69 Å². The highest BCUT2D eigenvalue weighted by Crippen LogP contribution is 2.31. The maximum atomic E-state index is 11.8. The first-order valence-corrected chi connectivity index (χ1v) is 6.98. The molecule has 0 radical (unpaired) electrons. The van der Waals surface area contributed by atoms with Crippen molar-refractivity contribution in [2.45, 2.75) is 40.7 Å². The molecule has 0 amide bonds. The molecule has 0 heterocycles. The number of rotatable bonds is 4. The molecule has 0 fully saturated rings. The first kappa shape index (κ1) is 16.3. The van der Waals surface area contributed by atoms with E-state index in [1.807, 2.05) is 7.05 Å². The van der Waals surface area contributed by atoms with Crippen LogP contribution < -0.4 is 10.6 Å². The number of esters is 1. The molecule has 0 bridgehead atoms. The third kappa shape index (κ3) is 3.65. The van der Waals surface area contributed by atoms with Gasteiger partial charge in [-0.1, -0.05) is 20.8 Å². The van der Waals surface area contributed by atoms with Crippen LogP contribution in [-0.2, 0) is 4.74 Å². The van der Waals surface area contributed by atoms with Crippen molar-refractivity contribution in [3.8, 4) is 0 Å². The summed E-state index contributed by atoms with van der Waals surface area (Å²) in [6.07, 6.45) is 0. The highest BCUT2D eigenvalue weighted by molar-refractivity contribution is 5.92. The van der Waals surface area contributed by atoms with E-state index < -0.39 is 0 Å². The van der Waals surface area contributed by atoms with Crippen molar-refractivity contribution in [2.75, 3.05) is 24.3 Å². The Morgan fingerprint density at radius 3 is 2.50 bits per heavy atom. The van der Waals surface area contributed by atoms with Crippen LogP contribution in [0.3, 0.4) is 0 Å². The topological polar surface area (TPSA) is 55.6 Å². The predicted octanol–water partition coefficient (Wildman–Crippen LogP) is 3.32. The summed E-state index contributed by atoms with van der Waals surface area (Å²) in [5.41, 5.74) is 8.22. The van der Waals surface area contributed by atoms with E-state index in [-0.39, 0.29) is 17.4 Å². The number of carbonyl (C=O) groups is 1. The lowest BCUT2D eigenvalue weighted by molar-refractivity contribution is 0.0526. The van der Waals surface area contributed by atoms with E-state index in [4.69, 9.17) is 10.5 Å². The molecular formula is C16H26N2O2. The van der Waals surface area contributed by atoms with Crippen LogP contribution in [0.25, 0.3) is 0 Å². The smallest absolute Gasteiger partial charge is 0.338 e. The van der Waals surface area contributed by atoms with Crippen molar-refractivity contribution >= 4 is 17.3 Å². The fourth-order valence-electron chi connectivity index (χ4n) is 1.98. The Bertz CT molecular complexity index is 478. The van der Waals surface area contributed by atoms with E-state index in [9.17, 15) is 4.79 Å². The third-order valence-electron chi connectivity index (χ3n) is 3.76. The van der Waals surface area contributed by atoms with Gasteiger partial charge in [0, 0.05) is 13.1 Å². The molecule has 0 saturated carbocycles. The quantitative estimate of drug-likeness (QED) is 0.678. The fourth-order valence-corrected chi connectivity index (χ4v) is 1.98. The number of nitrogens with zero attached hydrogens (tertiary/aromatic N) is 1. The van der Waals surface area contributed by atoms with Crippen LogP contribution in [0.5, 0.6) is 0 Å². The molecule has 2 N–H and O–H groups in total. The zero-order valence-corrected chi connectivity index (χ0v) is 13.4. The first-order chi connectivity index (χ1) is 9.18. The van der Waals surface area contributed by atoms with E-state index in [2.05, 4.69) is 32.6 Å². The Hall–Kier alpha value is -1.71. The van der Waals surface area contributed by atoms with Crippen LogP contribution >= 0.6 is 0 Å². The van der Waals surface area contributed by atoms with Crippen molar-refractivity contribution in [3.05, 3.63) is 23.8 Å². The van der Waals surface area contributed by atoms with Gasteiger partial charge in [-0.3, -0.25) is 0 Å². The normalized spacial score (nSPS) is 12.9. The summed E-state index contributed by atoms with van der Waals surface area (Å²) in [7, 11) is 2.00. The maximum Gasteiger partial charge on any atom is 0.338 e. The maximum absolute atomic E-state index is 11.8. The molecule has 1 atom stereocenters. The number of nitrogen functional groups attached to an aromatic ring is 1. The zero-order chi connectivity index (χ0) is 15.5. The SMILES string of the molecule is CCOC(=O)c1ccc(N)c(N(C)C(C)C(C)(C)C)c1. The second-order valence-corrected chi connectivity index (χ2v) is 6.15. The minimum absolute atomic E-state index is 0.112. The summed E-state index contributed by atoms with van der Waals surface area (Å²) < 4.78 is 5.03. The molecule has 112 valence electrons. The number of hydrogen-bond acceptors (Lipinski definition) is 4. The van der Waals surface area contributed by atoms with Gasteiger partial charge in [0.25, 0.3) is 0 Å². The molecule has 0 aliphatic heterocycles. The molecule has 20 heavy (non-hydrogen) atoms. The Morgan fingerprint density at radius 1 is 1.40 bits per heavy atom. The fraction of sp³-hybridized carbons (Fsp3) is 0.562. The van der Waals surface area contributed by atoms with E-state index >= 15 is 0 Å². The van der Waals surface area contributed by atoms with Crippen molar-refractivity contribution in [2.24, 2.45) is 5.41 Å². The summed E-state index contributed by atoms with van der Waals surface area (Å²) in [4.78, 5) is 13.9. The minimum Gasteiger partial charge on any atom is -0.462 e. The summed E-state index contributed by atoms with van der Waals surface area (Å²) in [5, 5.41) is 0. The second-order valence-electron chi connectivity index (χ2n) is 6.15. The number of anilines is 2. The largest absolute Gasteiger partial charge is 0.462 e. The number of benzene rings is 1. The second kappa shape index (κ2) is 6.16. The van der Waals surface area contributed by atoms with Gasteiger partial charge < -0.3 is 15.4 Å². The van der Waals surface area contributed by atoms with Crippen molar-refractivity contribution in [3.63, 3.8) is 0 Å². The summed E-state index contributed by atoms with van der Waals surface area (Å²) in [5.74, 6) is -0.314. The molecule has 4 heteroatoms. The third-order valence-corrected chi connectivity index (χ3v) is 3.76. The molecule has 4 nitrogen and oxygen atoms in total. The van der Waals surface area contributed by atoms with Gasteiger partial charge in [-0.2, -0.15) is 0 Å². The predicted molar refractivity (Wildman–Crippen MR) is 84.1 cm³/mol. The first-order valence-electron chi connectivity index (χ1n) is 6.98. The highest BCUT2D eigenvalue weighted by atomic mass is 16.5. The summed E-state index contributed by atoms with van der Waals surface area (Å²) >= 11 is 0. The van der Waals surface area contributed by atoms with Crippen LogP contribution in [0.4, 0.5) is 11.4 Å². The molecule has 0 aliphatic carbocycles. The molecule has 0 aromatic heterocycles. The lowest BCUT2D eigenvalue weighted by atomic mass is 9.87. The Labute approximate surface area is 121 Å². The summed E-state index contributed by atoms with van der Waals surface area (Å²) in [6, 6.07) is 5.54. The van der Waals surface area contributed by atoms with E-state index in [1.54, 1.807) is 25.1 Å². The van der Waals surface area contributed by atoms with Crippen LogP contribution in [0.2, 0.25) is 0 Å². The van der Waals surface area contributed by atoms with Crippen molar-refractivity contribution in [1.82, 2.24) is 0 Å². The molecule has 1 aromatic carbocycles. The Kier molecular flexibility index (Phi) is 5.03. The number of carbonyl (C=O) groups excluding carboxylic acids is 1. The molecule has 0 aliphatic rings. The molecule has 1 unspecified atom stereocenters. The van der Waals surface area contributed by atoms with Gasteiger partial charge in [-0.05, 0) is 37.5 Å². The molecular weight excluding hydrogens is 252 g/mol. The molecule has 0 spiro atoms. The molecule has 1 aromatic rings. The van der Waals surface area contributed by atoms with Crippen LogP contribution in [0.1, 0.15) is 45.0 Å². The average Bonchev–Trinajstić information content (AvgIpc) is 2.36. The number of hydrogen-bond donors (Lipinski definition) is 1. The van der Waals surface area contributed by atoms with Gasteiger partial charge in [-0.15, -0.1) is 0 Å². The van der Waals surface area contributed by atoms with Crippen LogP contribution in [0.15, 0.2) is 18.2 Å². The van der Waals surface area contributed by atoms with Crippen molar-refractivity contribution < 1.29 is 9.53 Å².